The van der Waals surface area contributed by atoms with Crippen LogP contribution >= 0.6 is 0 Å². The minimum atomic E-state index is -0.579. The molecule has 0 saturated heterocycles. The number of ether oxygens (including phenoxy) is 2. The number of esters is 1. The lowest BCUT2D eigenvalue weighted by molar-refractivity contribution is -0.384. The van der Waals surface area contributed by atoms with Crippen LogP contribution in [0, 0.1) is 10.1 Å². The van der Waals surface area contributed by atoms with Crippen molar-refractivity contribution >= 4 is 22.4 Å². The molecule has 1 aliphatic rings. The van der Waals surface area contributed by atoms with Gasteiger partial charge in [0.2, 0.25) is 5.88 Å². The molecule has 0 bridgehead atoms. The van der Waals surface area contributed by atoms with Crippen molar-refractivity contribution in [3.05, 3.63) is 93.4 Å². The Bertz CT molecular complexity index is 1150. The van der Waals surface area contributed by atoms with Gasteiger partial charge >= 0.3 is 5.97 Å². The Morgan fingerprint density at radius 1 is 1.14 bits per heavy atom. The smallest absolute Gasteiger partial charge is 0.340 e. The maximum Gasteiger partial charge on any atom is 0.340 e. The van der Waals surface area contributed by atoms with E-state index in [9.17, 15) is 14.9 Å². The predicted molar refractivity (Wildman–Crippen MR) is 107 cm³/mol. The van der Waals surface area contributed by atoms with Crippen molar-refractivity contribution in [3.8, 4) is 5.75 Å². The van der Waals surface area contributed by atoms with Crippen LogP contribution < -0.4 is 10.5 Å². The van der Waals surface area contributed by atoms with E-state index in [2.05, 4.69) is 0 Å². The third kappa shape index (κ3) is 3.16. The van der Waals surface area contributed by atoms with Gasteiger partial charge in [0.1, 0.15) is 11.3 Å². The molecule has 7 nitrogen and oxygen atoms in total. The molecule has 0 amide bonds. The lowest BCUT2D eigenvalue weighted by Gasteiger charge is -2.29. The fraction of sp³-hybridized carbons (Fsp3) is 0.136. The molecule has 0 radical (unpaired) electrons. The van der Waals surface area contributed by atoms with Crippen molar-refractivity contribution in [1.29, 1.82) is 0 Å². The Kier molecular flexibility index (Phi) is 4.64. The number of hydrogen-bond donors (Lipinski definition) is 1. The largest absolute Gasteiger partial charge is 0.462 e. The van der Waals surface area contributed by atoms with Gasteiger partial charge in [-0.15, -0.1) is 0 Å². The lowest BCUT2D eigenvalue weighted by atomic mass is 9.80. The van der Waals surface area contributed by atoms with Crippen LogP contribution in [0.3, 0.4) is 0 Å². The first-order valence-electron chi connectivity index (χ1n) is 9.12. The molecule has 0 aliphatic carbocycles. The first kappa shape index (κ1) is 18.5. The van der Waals surface area contributed by atoms with Crippen LogP contribution in [0.4, 0.5) is 5.69 Å². The molecule has 29 heavy (non-hydrogen) atoms. The van der Waals surface area contributed by atoms with Gasteiger partial charge in [0.25, 0.3) is 5.69 Å². The van der Waals surface area contributed by atoms with Gasteiger partial charge in [-0.25, -0.2) is 4.79 Å². The van der Waals surface area contributed by atoms with E-state index in [1.54, 1.807) is 19.1 Å². The number of rotatable bonds is 4. The zero-order valence-corrected chi connectivity index (χ0v) is 15.6. The number of nitrogens with two attached hydrogens (primary N) is 1. The van der Waals surface area contributed by atoms with E-state index >= 15 is 0 Å². The number of carbonyl (C=O) groups is 1. The summed E-state index contributed by atoms with van der Waals surface area (Å²) in [5.74, 6) is -0.649. The second-order valence-electron chi connectivity index (χ2n) is 6.58. The third-order valence-electron chi connectivity index (χ3n) is 4.93. The number of nitro groups is 1. The number of hydrogen-bond acceptors (Lipinski definition) is 6. The van der Waals surface area contributed by atoms with Crippen molar-refractivity contribution in [2.45, 2.75) is 12.8 Å². The molecule has 1 unspecified atom stereocenters. The van der Waals surface area contributed by atoms with Gasteiger partial charge in [-0.1, -0.05) is 42.5 Å². The van der Waals surface area contributed by atoms with Crippen LogP contribution in [0.5, 0.6) is 5.75 Å². The first-order chi connectivity index (χ1) is 14.0. The van der Waals surface area contributed by atoms with Crippen molar-refractivity contribution in [1.82, 2.24) is 0 Å². The number of fused-ring (bicyclic) bond motifs is 3. The monoisotopic (exact) mass is 390 g/mol. The Balaban J connectivity index is 1.98. The summed E-state index contributed by atoms with van der Waals surface area (Å²) in [5, 5.41) is 12.9. The van der Waals surface area contributed by atoms with Crippen LogP contribution in [0.15, 0.2) is 72.1 Å². The fourth-order valence-corrected chi connectivity index (χ4v) is 3.67. The Morgan fingerprint density at radius 3 is 2.55 bits per heavy atom. The highest BCUT2D eigenvalue weighted by Gasteiger charge is 2.36. The molecular weight excluding hydrogens is 372 g/mol. The Morgan fingerprint density at radius 2 is 1.86 bits per heavy atom. The van der Waals surface area contributed by atoms with Gasteiger partial charge in [0.05, 0.1) is 17.4 Å². The summed E-state index contributed by atoms with van der Waals surface area (Å²) in [6.07, 6.45) is 0. The fourth-order valence-electron chi connectivity index (χ4n) is 3.67. The maximum atomic E-state index is 12.8. The normalized spacial score (nSPS) is 15.6. The number of nitrogens with zero attached hydrogens (tertiary/aromatic N) is 1. The molecule has 0 spiro atoms. The molecule has 2 N–H and O–H groups in total. The molecule has 0 fully saturated rings. The summed E-state index contributed by atoms with van der Waals surface area (Å²) >= 11 is 0. The standard InChI is InChI=1S/C22H18N2O5/c1-2-28-22(25)20-18(14-7-10-15(11-8-14)24(26)27)19-16-6-4-3-5-13(16)9-12-17(19)29-21(20)23/h3-12,18H,2,23H2,1H3. The summed E-state index contributed by atoms with van der Waals surface area (Å²) < 4.78 is 11.0. The summed E-state index contributed by atoms with van der Waals surface area (Å²) in [6.45, 7) is 1.90. The second kappa shape index (κ2) is 7.27. The van der Waals surface area contributed by atoms with Crippen LogP contribution in [-0.2, 0) is 9.53 Å². The van der Waals surface area contributed by atoms with Crippen LogP contribution in [0.1, 0.15) is 24.0 Å². The predicted octanol–water partition coefficient (Wildman–Crippen LogP) is 4.01. The number of non-ortho nitro benzene ring substituents is 1. The lowest BCUT2D eigenvalue weighted by Crippen LogP contribution is -2.27. The van der Waals surface area contributed by atoms with Crippen LogP contribution in [-0.4, -0.2) is 17.5 Å². The second-order valence-corrected chi connectivity index (χ2v) is 6.58. The molecule has 0 aromatic heterocycles. The molecule has 1 atom stereocenters. The van der Waals surface area contributed by atoms with Gasteiger partial charge in [0.15, 0.2) is 0 Å². The number of nitro benzene ring substituents is 1. The maximum absolute atomic E-state index is 12.8. The SMILES string of the molecule is CCOC(=O)C1=C(N)Oc2ccc3ccccc3c2C1c1ccc([N+](=O)[O-])cc1. The highest BCUT2D eigenvalue weighted by atomic mass is 16.6. The topological polar surface area (TPSA) is 105 Å². The molecule has 146 valence electrons. The van der Waals surface area contributed by atoms with E-state index < -0.39 is 16.8 Å². The van der Waals surface area contributed by atoms with E-state index in [4.69, 9.17) is 15.2 Å². The minimum absolute atomic E-state index is 0.0328. The zero-order chi connectivity index (χ0) is 20.5. The van der Waals surface area contributed by atoms with E-state index in [1.807, 2.05) is 36.4 Å². The van der Waals surface area contributed by atoms with E-state index in [0.29, 0.717) is 11.3 Å². The summed E-state index contributed by atoms with van der Waals surface area (Å²) in [7, 11) is 0. The molecular formula is C22H18N2O5. The molecule has 7 heteroatoms. The number of benzene rings is 3. The van der Waals surface area contributed by atoms with Crippen molar-refractivity contribution in [3.63, 3.8) is 0 Å². The van der Waals surface area contributed by atoms with E-state index in [-0.39, 0.29) is 23.8 Å². The molecule has 1 aliphatic heterocycles. The van der Waals surface area contributed by atoms with E-state index in [0.717, 1.165) is 16.3 Å². The van der Waals surface area contributed by atoms with Gasteiger partial charge in [-0.05, 0) is 29.3 Å². The summed E-state index contributed by atoms with van der Waals surface area (Å²) in [4.78, 5) is 23.4. The van der Waals surface area contributed by atoms with Crippen molar-refractivity contribution < 1.29 is 19.2 Å². The third-order valence-corrected chi connectivity index (χ3v) is 4.93. The minimum Gasteiger partial charge on any atom is -0.462 e. The van der Waals surface area contributed by atoms with Crippen molar-refractivity contribution in [2.75, 3.05) is 6.61 Å². The molecule has 3 aromatic carbocycles. The zero-order valence-electron chi connectivity index (χ0n) is 15.6. The van der Waals surface area contributed by atoms with Crippen LogP contribution in [0.2, 0.25) is 0 Å². The van der Waals surface area contributed by atoms with Gasteiger partial charge in [0, 0.05) is 17.7 Å². The van der Waals surface area contributed by atoms with Gasteiger partial charge in [-0.3, -0.25) is 10.1 Å². The highest BCUT2D eigenvalue weighted by molar-refractivity contribution is 5.97. The molecule has 0 saturated carbocycles. The Labute approximate surface area is 166 Å². The first-order valence-corrected chi connectivity index (χ1v) is 9.12. The number of carbonyl (C=O) groups excluding carboxylic acids is 1. The molecule has 3 aromatic rings. The quantitative estimate of drug-likeness (QED) is 0.410. The summed E-state index contributed by atoms with van der Waals surface area (Å²) in [5.41, 5.74) is 7.73. The summed E-state index contributed by atoms with van der Waals surface area (Å²) in [6, 6.07) is 17.6. The van der Waals surface area contributed by atoms with Crippen LogP contribution in [0.25, 0.3) is 10.8 Å². The van der Waals surface area contributed by atoms with Gasteiger partial charge in [-0.2, -0.15) is 0 Å². The van der Waals surface area contributed by atoms with Gasteiger partial charge < -0.3 is 15.2 Å². The average Bonchev–Trinajstić information content (AvgIpc) is 2.72. The van der Waals surface area contributed by atoms with E-state index in [1.165, 1.54) is 12.1 Å². The van der Waals surface area contributed by atoms with Crippen molar-refractivity contribution in [2.24, 2.45) is 5.73 Å². The molecule has 4 rings (SSSR count). The average molecular weight is 390 g/mol. The Hall–Kier alpha value is -3.87. The highest BCUT2D eigenvalue weighted by Crippen LogP contribution is 2.46. The molecule has 1 heterocycles.